The van der Waals surface area contributed by atoms with E-state index < -0.39 is 0 Å². The normalized spacial score (nSPS) is 18.7. The fraction of sp³-hybridized carbons (Fsp3) is 0.375. The van der Waals surface area contributed by atoms with Crippen LogP contribution in [0.2, 0.25) is 0 Å². The second-order valence-corrected chi connectivity index (χ2v) is 6.68. The average Bonchev–Trinajstić information content (AvgIpc) is 3.18. The number of thiazole rings is 1. The lowest BCUT2D eigenvalue weighted by Crippen LogP contribution is -2.50. The highest BCUT2D eigenvalue weighted by atomic mass is 32.1. The Morgan fingerprint density at radius 3 is 3.09 bits per heavy atom. The number of nitrogens with one attached hydrogen (secondary N) is 1. The van der Waals surface area contributed by atoms with Crippen LogP contribution in [0.5, 0.6) is 0 Å². The van der Waals surface area contributed by atoms with Gasteiger partial charge in [0.15, 0.2) is 5.58 Å². The van der Waals surface area contributed by atoms with E-state index in [9.17, 15) is 4.39 Å². The largest absolute Gasteiger partial charge is 0.423 e. The fourth-order valence-corrected chi connectivity index (χ4v) is 3.70. The zero-order valence-corrected chi connectivity index (χ0v) is 13.8. The molecule has 1 N–H and O–H groups in total. The van der Waals surface area contributed by atoms with Gasteiger partial charge in [-0.2, -0.15) is 4.98 Å². The second-order valence-electron chi connectivity index (χ2n) is 5.79. The molecule has 23 heavy (non-hydrogen) atoms. The number of nitrogens with zero attached hydrogens (tertiary/aromatic N) is 3. The minimum Gasteiger partial charge on any atom is -0.423 e. The predicted octanol–water partition coefficient (Wildman–Crippen LogP) is 3.20. The molecule has 4 rings (SSSR count). The first kappa shape index (κ1) is 14.6. The standard InChI is InChI=1S/C16H17FN4OS/c1-9-8-18-3-5-21(9)16-20-12-7-11(17)10(2)13(14(12)22-16)15-19-4-6-23-15/h4,6-7,9,18H,3,5,8H2,1-2H3/t9-/m0/s1. The molecule has 1 aromatic carbocycles. The Bertz CT molecular complexity index is 846. The Labute approximate surface area is 137 Å². The summed E-state index contributed by atoms with van der Waals surface area (Å²) in [5.41, 5.74) is 2.40. The van der Waals surface area contributed by atoms with Crippen LogP contribution in [0.25, 0.3) is 21.7 Å². The quantitative estimate of drug-likeness (QED) is 0.781. The van der Waals surface area contributed by atoms with Crippen LogP contribution in [0.15, 0.2) is 22.1 Å². The minimum atomic E-state index is -0.282. The number of piperazine rings is 1. The van der Waals surface area contributed by atoms with E-state index in [1.165, 1.54) is 17.4 Å². The third-order valence-electron chi connectivity index (χ3n) is 4.26. The summed E-state index contributed by atoms with van der Waals surface area (Å²) in [7, 11) is 0. The van der Waals surface area contributed by atoms with Gasteiger partial charge in [-0.25, -0.2) is 9.37 Å². The molecule has 0 amide bonds. The summed E-state index contributed by atoms with van der Waals surface area (Å²) >= 11 is 1.47. The molecular weight excluding hydrogens is 315 g/mol. The van der Waals surface area contributed by atoms with E-state index in [-0.39, 0.29) is 11.9 Å². The summed E-state index contributed by atoms with van der Waals surface area (Å²) in [5, 5.41) is 5.97. The zero-order chi connectivity index (χ0) is 16.0. The number of halogens is 1. The SMILES string of the molecule is Cc1c(F)cc2nc(N3CCNC[C@@H]3C)oc2c1-c1nccs1. The van der Waals surface area contributed by atoms with Gasteiger partial charge in [0.2, 0.25) is 0 Å². The first-order valence-electron chi connectivity index (χ1n) is 7.62. The van der Waals surface area contributed by atoms with Crippen LogP contribution in [0.3, 0.4) is 0 Å². The molecule has 1 atom stereocenters. The van der Waals surface area contributed by atoms with E-state index >= 15 is 0 Å². The van der Waals surface area contributed by atoms with Crippen molar-refractivity contribution >= 4 is 28.5 Å². The average molecular weight is 332 g/mol. The highest BCUT2D eigenvalue weighted by molar-refractivity contribution is 7.13. The van der Waals surface area contributed by atoms with Crippen LogP contribution in [-0.2, 0) is 0 Å². The van der Waals surface area contributed by atoms with E-state index in [0.29, 0.717) is 28.2 Å². The van der Waals surface area contributed by atoms with Gasteiger partial charge in [0.1, 0.15) is 16.3 Å². The molecule has 2 aromatic heterocycles. The predicted molar refractivity (Wildman–Crippen MR) is 89.5 cm³/mol. The molecule has 0 aliphatic carbocycles. The number of rotatable bonds is 2. The van der Waals surface area contributed by atoms with Crippen molar-refractivity contribution in [1.82, 2.24) is 15.3 Å². The lowest BCUT2D eigenvalue weighted by molar-refractivity contribution is 0.456. The summed E-state index contributed by atoms with van der Waals surface area (Å²) in [6, 6.07) is 2.28. The van der Waals surface area contributed by atoms with Crippen LogP contribution in [0.4, 0.5) is 10.4 Å². The molecule has 120 valence electrons. The van der Waals surface area contributed by atoms with Crippen molar-refractivity contribution in [2.75, 3.05) is 24.5 Å². The van der Waals surface area contributed by atoms with Crippen molar-refractivity contribution in [3.8, 4) is 10.6 Å². The van der Waals surface area contributed by atoms with Gasteiger partial charge in [0, 0.05) is 43.3 Å². The molecule has 0 saturated carbocycles. The van der Waals surface area contributed by atoms with Crippen LogP contribution < -0.4 is 10.2 Å². The number of hydrogen-bond donors (Lipinski definition) is 1. The van der Waals surface area contributed by atoms with E-state index in [1.807, 2.05) is 5.38 Å². The maximum absolute atomic E-state index is 14.3. The lowest BCUT2D eigenvalue weighted by atomic mass is 10.1. The zero-order valence-electron chi connectivity index (χ0n) is 13.0. The van der Waals surface area contributed by atoms with Crippen LogP contribution in [0, 0.1) is 12.7 Å². The molecule has 1 aliphatic heterocycles. The molecule has 1 saturated heterocycles. The fourth-order valence-electron chi connectivity index (χ4n) is 2.97. The Balaban J connectivity index is 1.90. The van der Waals surface area contributed by atoms with Crippen molar-refractivity contribution in [2.24, 2.45) is 0 Å². The van der Waals surface area contributed by atoms with Gasteiger partial charge < -0.3 is 14.6 Å². The number of oxazole rings is 1. The summed E-state index contributed by atoms with van der Waals surface area (Å²) < 4.78 is 20.4. The number of benzene rings is 1. The molecular formula is C16H17FN4OS. The monoisotopic (exact) mass is 332 g/mol. The van der Waals surface area contributed by atoms with Crippen molar-refractivity contribution in [1.29, 1.82) is 0 Å². The van der Waals surface area contributed by atoms with E-state index in [1.54, 1.807) is 13.1 Å². The summed E-state index contributed by atoms with van der Waals surface area (Å²) in [5.74, 6) is -0.282. The maximum Gasteiger partial charge on any atom is 0.298 e. The number of fused-ring (bicyclic) bond motifs is 1. The molecule has 3 aromatic rings. The smallest absolute Gasteiger partial charge is 0.298 e. The van der Waals surface area contributed by atoms with Crippen molar-refractivity contribution in [2.45, 2.75) is 19.9 Å². The van der Waals surface area contributed by atoms with Crippen LogP contribution in [0.1, 0.15) is 12.5 Å². The van der Waals surface area contributed by atoms with Crippen LogP contribution in [-0.4, -0.2) is 35.6 Å². The Morgan fingerprint density at radius 1 is 1.48 bits per heavy atom. The minimum absolute atomic E-state index is 0.282. The third kappa shape index (κ3) is 2.40. The van der Waals surface area contributed by atoms with E-state index in [0.717, 1.165) is 24.6 Å². The van der Waals surface area contributed by atoms with Crippen molar-refractivity contribution in [3.05, 3.63) is 29.0 Å². The molecule has 0 spiro atoms. The number of anilines is 1. The lowest BCUT2D eigenvalue weighted by Gasteiger charge is -2.32. The highest BCUT2D eigenvalue weighted by Crippen LogP contribution is 2.37. The topological polar surface area (TPSA) is 54.2 Å². The molecule has 1 fully saturated rings. The van der Waals surface area contributed by atoms with E-state index in [4.69, 9.17) is 4.42 Å². The second kappa shape index (κ2) is 5.58. The summed E-state index contributed by atoms with van der Waals surface area (Å²) in [6.07, 6.45) is 1.71. The molecule has 3 heterocycles. The number of hydrogen-bond acceptors (Lipinski definition) is 6. The maximum atomic E-state index is 14.3. The highest BCUT2D eigenvalue weighted by Gasteiger charge is 2.25. The Hall–Kier alpha value is -1.99. The summed E-state index contributed by atoms with van der Waals surface area (Å²) in [6.45, 7) is 6.46. The molecule has 5 nitrogen and oxygen atoms in total. The van der Waals surface area contributed by atoms with Gasteiger partial charge in [-0.3, -0.25) is 0 Å². The van der Waals surface area contributed by atoms with E-state index in [2.05, 4.69) is 27.1 Å². The number of aromatic nitrogens is 2. The van der Waals surface area contributed by atoms with Crippen molar-refractivity contribution in [3.63, 3.8) is 0 Å². The molecule has 0 radical (unpaired) electrons. The molecule has 0 unspecified atom stereocenters. The van der Waals surface area contributed by atoms with Gasteiger partial charge in [-0.05, 0) is 19.4 Å². The van der Waals surface area contributed by atoms with Crippen molar-refractivity contribution < 1.29 is 8.81 Å². The van der Waals surface area contributed by atoms with Gasteiger partial charge >= 0.3 is 0 Å². The molecule has 7 heteroatoms. The molecule has 1 aliphatic rings. The van der Waals surface area contributed by atoms with Gasteiger partial charge in [0.05, 0.1) is 5.56 Å². The van der Waals surface area contributed by atoms with Crippen LogP contribution >= 0.6 is 11.3 Å². The third-order valence-corrected chi connectivity index (χ3v) is 5.05. The Kier molecular flexibility index (Phi) is 3.54. The summed E-state index contributed by atoms with van der Waals surface area (Å²) in [4.78, 5) is 11.0. The van der Waals surface area contributed by atoms with Gasteiger partial charge in [0.25, 0.3) is 6.01 Å². The molecule has 0 bridgehead atoms. The van der Waals surface area contributed by atoms with Gasteiger partial charge in [-0.15, -0.1) is 11.3 Å². The first-order valence-corrected chi connectivity index (χ1v) is 8.50. The Morgan fingerprint density at radius 2 is 2.35 bits per heavy atom. The van der Waals surface area contributed by atoms with Gasteiger partial charge in [-0.1, -0.05) is 0 Å². The first-order chi connectivity index (χ1) is 11.1.